The molecule has 0 radical (unpaired) electrons. The summed E-state index contributed by atoms with van der Waals surface area (Å²) >= 11 is 0. The summed E-state index contributed by atoms with van der Waals surface area (Å²) in [5.74, 6) is 0. The van der Waals surface area contributed by atoms with Crippen LogP contribution in [-0.4, -0.2) is 33.2 Å². The van der Waals surface area contributed by atoms with Gasteiger partial charge in [-0.05, 0) is 0 Å². The van der Waals surface area contributed by atoms with Crippen molar-refractivity contribution in [3.05, 3.63) is 0 Å². The Hall–Kier alpha value is 1.52. The van der Waals surface area contributed by atoms with E-state index >= 15 is 0 Å². The molecule has 0 aromatic rings. The fraction of sp³-hybridized carbons (Fsp3) is 0. The first kappa shape index (κ1) is 48.9. The number of hydrogen-bond donors (Lipinski definition) is 0. The summed E-state index contributed by atoms with van der Waals surface area (Å²) in [6.45, 7) is 0. The summed E-state index contributed by atoms with van der Waals surface area (Å²) in [7, 11) is 0. The van der Waals surface area contributed by atoms with Gasteiger partial charge in [-0.3, -0.25) is 0 Å². The van der Waals surface area contributed by atoms with Crippen LogP contribution in [0, 0.1) is 0 Å². The van der Waals surface area contributed by atoms with Crippen LogP contribution in [0.25, 0.3) is 0 Å². The molecule has 0 N–H and O–H groups in total. The van der Waals surface area contributed by atoms with Crippen molar-refractivity contribution in [1.29, 1.82) is 0 Å². The number of rotatable bonds is 0. The van der Waals surface area contributed by atoms with Gasteiger partial charge in [0.15, 0.2) is 0 Å². The van der Waals surface area contributed by atoms with Crippen LogP contribution in [0.15, 0.2) is 0 Å². The molecule has 0 aliphatic carbocycles. The fourth-order valence-corrected chi connectivity index (χ4v) is 0. The first-order chi connectivity index (χ1) is 0. The molecule has 0 saturated carbocycles. The van der Waals surface area contributed by atoms with E-state index in [9.17, 15) is 0 Å². The van der Waals surface area contributed by atoms with Gasteiger partial charge in [-0.15, -0.1) is 0 Å². The summed E-state index contributed by atoms with van der Waals surface area (Å²) in [4.78, 5) is 0. The van der Waals surface area contributed by atoms with Crippen molar-refractivity contribution in [2.45, 2.75) is 0 Å². The van der Waals surface area contributed by atoms with Gasteiger partial charge >= 0.3 is 33.2 Å². The minimum atomic E-state index is 0. The monoisotopic (exact) mass is 115 g/mol. The van der Waals surface area contributed by atoms with Gasteiger partial charge in [-0.1, -0.05) is 0 Å². The van der Waals surface area contributed by atoms with Gasteiger partial charge in [0.05, 0.1) is 0 Å². The summed E-state index contributed by atoms with van der Waals surface area (Å²) in [5.41, 5.74) is 0. The summed E-state index contributed by atoms with van der Waals surface area (Å²) in [6, 6.07) is 0. The molecule has 4 heteroatoms. The van der Waals surface area contributed by atoms with Crippen LogP contribution in [0.3, 0.4) is 0 Å². The zero-order chi connectivity index (χ0) is 0. The Kier molecular flexibility index (Phi) is 296. The zero-order valence-electron chi connectivity index (χ0n) is 4.53. The van der Waals surface area contributed by atoms with Crippen molar-refractivity contribution in [3.8, 4) is 0 Å². The Labute approximate surface area is 60.9 Å². The third-order valence-electron chi connectivity index (χ3n) is 0. The third-order valence-corrected chi connectivity index (χ3v) is 0. The van der Waals surface area contributed by atoms with E-state index in [2.05, 4.69) is 0 Å². The topological polar surface area (TPSA) is 28.5 Å². The molecule has 0 atom stereocenters. The van der Waals surface area contributed by atoms with E-state index in [1.54, 1.807) is 0 Å². The van der Waals surface area contributed by atoms with Gasteiger partial charge in [-0.25, -0.2) is 0 Å². The summed E-state index contributed by atoms with van der Waals surface area (Å²) < 4.78 is 0. The molecule has 0 unspecified atom stereocenters. The van der Waals surface area contributed by atoms with Crippen LogP contribution in [0.2, 0.25) is 0 Å². The van der Waals surface area contributed by atoms with Crippen molar-refractivity contribution < 1.29 is 27.8 Å². The second-order valence-electron chi connectivity index (χ2n) is 0. The van der Waals surface area contributed by atoms with Gasteiger partial charge in [0.25, 0.3) is 0 Å². The molecule has 0 amide bonds. The second-order valence-corrected chi connectivity index (χ2v) is 0. The normalized spacial score (nSPS) is 0. The van der Waals surface area contributed by atoms with E-state index in [1.165, 1.54) is 0 Å². The predicted octanol–water partition coefficient (Wildman–Crippen LogP) is -0.658. The Morgan fingerprint density at radius 1 is 1.25 bits per heavy atom. The first-order valence-electron chi connectivity index (χ1n) is 0. The molecule has 4 heavy (non-hydrogen) atoms. The molecule has 0 heterocycles. The Morgan fingerprint density at radius 2 is 1.25 bits per heavy atom. The van der Waals surface area contributed by atoms with Crippen molar-refractivity contribution in [2.75, 3.05) is 0 Å². The average molecular weight is 117 g/mol. The molecule has 0 aromatic carbocycles. The van der Waals surface area contributed by atoms with E-state index in [1.807, 2.05) is 0 Å². The molecule has 0 aliphatic heterocycles. The van der Waals surface area contributed by atoms with Crippen LogP contribution in [0.4, 0.5) is 0 Å². The maximum atomic E-state index is 0. The predicted molar refractivity (Wildman–Crippen MR) is 14.4 cm³/mol. The smallest absolute Gasteiger partial charge is 2.00 e. The quantitative estimate of drug-likeness (QED) is 0.376. The average Bonchev–Trinajstić information content (AvgIpc) is 0. The van der Waals surface area contributed by atoms with Crippen LogP contribution < -0.4 is 0 Å². The van der Waals surface area contributed by atoms with Crippen molar-refractivity contribution >= 4 is 33.2 Å². The molecule has 0 spiro atoms. The van der Waals surface area contributed by atoms with E-state index in [0.717, 1.165) is 0 Å². The van der Waals surface area contributed by atoms with Crippen LogP contribution >= 0.6 is 0 Å². The van der Waals surface area contributed by atoms with Crippen LogP contribution in [-0.2, 0) is 25.0 Å². The molecular formula is H2BeMgOZn. The largest absolute Gasteiger partial charge is 2.00 e. The third kappa shape index (κ3) is 9.68. The van der Waals surface area contributed by atoms with Gasteiger partial charge in [0, 0.05) is 19.5 Å². The van der Waals surface area contributed by atoms with E-state index < -0.39 is 0 Å². The second kappa shape index (κ2) is 24.3. The Morgan fingerprint density at radius 3 is 1.25 bits per heavy atom. The summed E-state index contributed by atoms with van der Waals surface area (Å²) in [6.07, 6.45) is 0. The van der Waals surface area contributed by atoms with Gasteiger partial charge in [-0.2, -0.15) is 0 Å². The number of hydrogen-bond acceptors (Lipinski definition) is 0. The molecule has 0 saturated heterocycles. The molecule has 0 aliphatic rings. The minimum absolute atomic E-state index is 0. The summed E-state index contributed by atoms with van der Waals surface area (Å²) in [5, 5.41) is 0. The minimum Gasteiger partial charge on any atom is -2.00 e. The molecule has 14 valence electrons. The molecular weight excluding hydrogens is 115 g/mol. The van der Waals surface area contributed by atoms with Crippen molar-refractivity contribution in [1.82, 2.24) is 0 Å². The first-order valence-corrected chi connectivity index (χ1v) is 0. The maximum absolute atomic E-state index is 0. The molecule has 0 rings (SSSR count). The van der Waals surface area contributed by atoms with Gasteiger partial charge in [0.2, 0.25) is 0 Å². The molecule has 0 fully saturated rings. The van der Waals surface area contributed by atoms with Gasteiger partial charge < -0.3 is 8.33 Å². The van der Waals surface area contributed by atoms with E-state index in [0.29, 0.717) is 0 Å². The SMILES string of the molecule is [Be+2].[H-].[H-].[Mg+2].[O-2].[Zn]. The Balaban J connectivity index is 0. The van der Waals surface area contributed by atoms with Crippen LogP contribution in [0.1, 0.15) is 2.85 Å². The van der Waals surface area contributed by atoms with E-state index in [4.69, 9.17) is 0 Å². The van der Waals surface area contributed by atoms with E-state index in [-0.39, 0.29) is 61.0 Å². The fourth-order valence-electron chi connectivity index (χ4n) is 0. The van der Waals surface area contributed by atoms with Gasteiger partial charge in [0.1, 0.15) is 0 Å². The molecule has 1 nitrogen and oxygen atoms in total. The Bertz CT molecular complexity index is 13.5. The zero-order valence-corrected chi connectivity index (χ0v) is 6.91. The van der Waals surface area contributed by atoms with Crippen LogP contribution in [0.5, 0.6) is 0 Å². The van der Waals surface area contributed by atoms with Crippen molar-refractivity contribution in [3.63, 3.8) is 0 Å². The van der Waals surface area contributed by atoms with Crippen molar-refractivity contribution in [2.24, 2.45) is 0 Å². The molecule has 0 aromatic heterocycles. The molecule has 0 bridgehead atoms. The standard InChI is InChI=1S/Be.Mg.O.Zn.2H/q2*+2;-2;;2*-1. The maximum Gasteiger partial charge on any atom is 2.00 e.